The van der Waals surface area contributed by atoms with E-state index in [4.69, 9.17) is 0 Å². The number of hydrogen-bond donors (Lipinski definition) is 1. The monoisotopic (exact) mass is 679 g/mol. The molecule has 0 bridgehead atoms. The van der Waals surface area contributed by atoms with Gasteiger partial charge in [-0.2, -0.15) is 0 Å². The Labute approximate surface area is 319 Å². The molecule has 0 spiro atoms. The molecular formula is C32H36N5Na2O7P. The zero-order valence-corrected chi connectivity index (χ0v) is 31.8. The molecule has 2 heterocycles. The van der Waals surface area contributed by atoms with E-state index in [0.717, 1.165) is 11.1 Å². The van der Waals surface area contributed by atoms with Gasteiger partial charge in [-0.3, -0.25) is 14.4 Å². The number of phosphoric acid groups is 1. The number of carbonyl (C=O) groups is 3. The quantitative estimate of drug-likeness (QED) is 0.0914. The number of amides is 3. The first-order valence-electron chi connectivity index (χ1n) is 14.3. The molecule has 3 aromatic carbocycles. The zero-order valence-electron chi connectivity index (χ0n) is 26.9. The third-order valence-electron chi connectivity index (χ3n) is 7.48. The van der Waals surface area contributed by atoms with Gasteiger partial charge in [0.05, 0.1) is 13.1 Å². The maximum Gasteiger partial charge on any atom is 1.00 e. The summed E-state index contributed by atoms with van der Waals surface area (Å²) in [5, 5.41) is 6.47. The average Bonchev–Trinajstić information content (AvgIpc) is 3.02. The number of benzene rings is 3. The van der Waals surface area contributed by atoms with Crippen LogP contribution in [0.4, 0.5) is 0 Å². The minimum atomic E-state index is -5.17. The Balaban J connectivity index is 0.000000550. The smallest absolute Gasteiger partial charge is 0.780 e. The molecule has 1 unspecified atom stereocenters. The number of nitrogens with zero attached hydrogens (tertiary/aromatic N) is 4. The van der Waals surface area contributed by atoms with E-state index in [0.29, 0.717) is 38.2 Å². The van der Waals surface area contributed by atoms with E-state index < -0.39 is 13.9 Å². The molecule has 3 amide bonds. The van der Waals surface area contributed by atoms with Gasteiger partial charge in [0.1, 0.15) is 25.8 Å². The van der Waals surface area contributed by atoms with Gasteiger partial charge in [-0.25, -0.2) is 10.0 Å². The number of likely N-dealkylation sites (N-methyl/N-ethyl adjacent to an activating group) is 1. The zero-order chi connectivity index (χ0) is 32.4. The molecule has 3 aromatic rings. The molecule has 15 heteroatoms. The minimum absolute atomic E-state index is 0. The minimum Gasteiger partial charge on any atom is -0.780 e. The molecule has 0 saturated carbocycles. The first kappa shape index (κ1) is 40.9. The van der Waals surface area contributed by atoms with Gasteiger partial charge in [-0.05, 0) is 28.8 Å². The first-order chi connectivity index (χ1) is 21.6. The van der Waals surface area contributed by atoms with Crippen molar-refractivity contribution in [3.05, 3.63) is 114 Å². The fraction of sp³-hybridized carbons (Fsp3) is 0.281. The molecule has 2 saturated heterocycles. The van der Waals surface area contributed by atoms with Crippen LogP contribution in [0.2, 0.25) is 0 Å². The number of nitrogens with one attached hydrogen (secondary N) is 1. The molecule has 2 aliphatic heterocycles. The Morgan fingerprint density at radius 2 is 1.53 bits per heavy atom. The summed E-state index contributed by atoms with van der Waals surface area (Å²) in [4.78, 5) is 61.9. The molecule has 1 N–H and O–H groups in total. The van der Waals surface area contributed by atoms with Crippen LogP contribution in [0.5, 0.6) is 5.75 Å². The molecule has 12 nitrogen and oxygen atoms in total. The van der Waals surface area contributed by atoms with Crippen LogP contribution >= 0.6 is 7.82 Å². The summed E-state index contributed by atoms with van der Waals surface area (Å²) >= 11 is 0. The van der Waals surface area contributed by atoms with E-state index in [9.17, 15) is 28.7 Å². The normalized spacial score (nSPS) is 18.0. The third-order valence-corrected chi connectivity index (χ3v) is 7.91. The molecule has 47 heavy (non-hydrogen) atoms. The van der Waals surface area contributed by atoms with Gasteiger partial charge in [-0.15, -0.1) is 6.58 Å². The summed E-state index contributed by atoms with van der Waals surface area (Å²) < 4.78 is 15.3. The van der Waals surface area contributed by atoms with Gasteiger partial charge in [0.2, 0.25) is 18.2 Å². The van der Waals surface area contributed by atoms with E-state index >= 15 is 0 Å². The van der Waals surface area contributed by atoms with Crippen molar-refractivity contribution < 1.29 is 92.4 Å². The van der Waals surface area contributed by atoms with Gasteiger partial charge in [0.15, 0.2) is 0 Å². The van der Waals surface area contributed by atoms with Gasteiger partial charge < -0.3 is 34.0 Å². The van der Waals surface area contributed by atoms with Gasteiger partial charge in [0, 0.05) is 33.1 Å². The summed E-state index contributed by atoms with van der Waals surface area (Å²) in [6, 6.07) is 24.6. The number of phosphoric ester groups is 1. The second-order valence-corrected chi connectivity index (χ2v) is 11.7. The standard InChI is InChI=1S/C24H29N4O6P.C8H9NO.2Na/c1-3-13-27-17-23(29)28-21(14-18-9-11-20(12-10-18)34-35(31,32)33)24(30)26(16-22(28)25(27)2)15-19-7-5-4-6-8-19;10-7-9-6-8-4-2-1-3-5-8;;/h3-12,21-22H,1,13-17H2,2H3,(H2,31,32,33);1-5,7H,6H2,(H,9,10);;/q;;2*+1/p-2/t21-,22?;;;/m0.../s1. The van der Waals surface area contributed by atoms with Gasteiger partial charge >= 0.3 is 59.1 Å². The molecule has 0 radical (unpaired) electrons. The topological polar surface area (TPSA) is 149 Å². The molecule has 5 rings (SSSR count). The van der Waals surface area contributed by atoms with Crippen molar-refractivity contribution in [2.75, 3.05) is 26.7 Å². The van der Waals surface area contributed by atoms with E-state index in [1.165, 1.54) is 12.1 Å². The molecule has 2 atom stereocenters. The fourth-order valence-electron chi connectivity index (χ4n) is 5.36. The van der Waals surface area contributed by atoms with E-state index in [-0.39, 0.29) is 95.8 Å². The second kappa shape index (κ2) is 19.6. The number of fused-ring (bicyclic) bond motifs is 1. The molecule has 238 valence electrons. The Morgan fingerprint density at radius 3 is 2.09 bits per heavy atom. The Bertz CT molecular complexity index is 1500. The summed E-state index contributed by atoms with van der Waals surface area (Å²) in [5.41, 5.74) is 2.81. The van der Waals surface area contributed by atoms with Crippen LogP contribution in [-0.4, -0.2) is 76.9 Å². The molecule has 0 aromatic heterocycles. The van der Waals surface area contributed by atoms with Crippen LogP contribution in [0, 0.1) is 0 Å². The summed E-state index contributed by atoms with van der Waals surface area (Å²) in [7, 11) is -3.27. The average molecular weight is 680 g/mol. The number of carbonyl (C=O) groups excluding carboxylic acids is 3. The molecule has 2 aliphatic rings. The SMILES string of the molecule is C=CCN1CC(=O)N2C(CN(Cc3ccccc3)C(=O)[C@@H]2Cc2ccc(OP(=O)([O-])[O-])cc2)N1C.O=CNCc1ccccc1.[Na+].[Na+]. The third kappa shape index (κ3) is 12.0. The largest absolute Gasteiger partial charge is 1.00 e. The Hall–Kier alpha value is -2.32. The van der Waals surface area contributed by atoms with Crippen LogP contribution in [0.3, 0.4) is 0 Å². The number of hydrazine groups is 1. The van der Waals surface area contributed by atoms with Crippen molar-refractivity contribution in [1.29, 1.82) is 0 Å². The maximum absolute atomic E-state index is 13.6. The predicted octanol–water partition coefficient (Wildman–Crippen LogP) is -4.71. The number of piperazine rings is 1. The van der Waals surface area contributed by atoms with Gasteiger partial charge in [0.25, 0.3) is 0 Å². The molecular weight excluding hydrogens is 643 g/mol. The van der Waals surface area contributed by atoms with Crippen molar-refractivity contribution >= 4 is 26.0 Å². The second-order valence-electron chi connectivity index (χ2n) is 10.6. The summed E-state index contributed by atoms with van der Waals surface area (Å²) in [6.07, 6.45) is 2.32. The van der Waals surface area contributed by atoms with E-state index in [1.807, 2.05) is 77.7 Å². The van der Waals surface area contributed by atoms with E-state index in [1.54, 1.807) is 28.0 Å². The van der Waals surface area contributed by atoms with Crippen molar-refractivity contribution in [2.45, 2.75) is 31.7 Å². The van der Waals surface area contributed by atoms with E-state index in [2.05, 4.69) is 16.4 Å². The van der Waals surface area contributed by atoms with Crippen LogP contribution < -0.4 is 78.7 Å². The number of hydrogen-bond acceptors (Lipinski definition) is 9. The van der Waals surface area contributed by atoms with Crippen molar-refractivity contribution in [3.8, 4) is 5.75 Å². The molecule has 0 aliphatic carbocycles. The van der Waals surface area contributed by atoms with Crippen LogP contribution in [0.25, 0.3) is 0 Å². The maximum atomic E-state index is 13.6. The first-order valence-corrected chi connectivity index (χ1v) is 15.8. The fourth-order valence-corrected chi connectivity index (χ4v) is 5.74. The summed E-state index contributed by atoms with van der Waals surface area (Å²) in [5.74, 6) is -0.409. The Morgan fingerprint density at radius 1 is 0.936 bits per heavy atom. The number of rotatable bonds is 11. The summed E-state index contributed by atoms with van der Waals surface area (Å²) in [6.45, 7) is 5.81. The van der Waals surface area contributed by atoms with Crippen molar-refractivity contribution in [2.24, 2.45) is 0 Å². The predicted molar refractivity (Wildman–Crippen MR) is 164 cm³/mol. The van der Waals surface area contributed by atoms with Crippen LogP contribution in [0.15, 0.2) is 97.6 Å². The van der Waals surface area contributed by atoms with Gasteiger partial charge in [-0.1, -0.05) is 78.9 Å². The Kier molecular flexibility index (Phi) is 17.1. The van der Waals surface area contributed by atoms with Crippen molar-refractivity contribution in [3.63, 3.8) is 0 Å². The van der Waals surface area contributed by atoms with Crippen LogP contribution in [0.1, 0.15) is 16.7 Å². The van der Waals surface area contributed by atoms with Crippen LogP contribution in [-0.2, 0) is 38.5 Å². The molecule has 2 fully saturated rings. The van der Waals surface area contributed by atoms with Crippen molar-refractivity contribution in [1.82, 2.24) is 25.1 Å².